The monoisotopic (exact) mass is 413 g/mol. The molecule has 1 rings (SSSR count). The number of carbonyl (C=O) groups is 1. The standard InChI is InChI=1S/C11H13BrINO3/c1-16-10(17-2)6-14-11(15)8-5-7(12)3-4-9(8)13/h3-5,10H,6H2,1-2H3,(H,14,15). The van der Waals surface area contributed by atoms with Crippen LogP contribution in [-0.2, 0) is 9.47 Å². The van der Waals surface area contributed by atoms with E-state index in [0.717, 1.165) is 8.04 Å². The second kappa shape index (κ2) is 7.30. The Morgan fingerprint density at radius 3 is 2.71 bits per heavy atom. The molecular formula is C11H13BrINO3. The highest BCUT2D eigenvalue weighted by atomic mass is 127. The van der Waals surface area contributed by atoms with E-state index < -0.39 is 6.29 Å². The van der Waals surface area contributed by atoms with Crippen molar-refractivity contribution < 1.29 is 14.3 Å². The average Bonchev–Trinajstić information content (AvgIpc) is 2.33. The van der Waals surface area contributed by atoms with Crippen molar-refractivity contribution in [2.45, 2.75) is 6.29 Å². The van der Waals surface area contributed by atoms with Crippen molar-refractivity contribution in [3.8, 4) is 0 Å². The molecule has 0 unspecified atom stereocenters. The minimum Gasteiger partial charge on any atom is -0.354 e. The topological polar surface area (TPSA) is 47.6 Å². The van der Waals surface area contributed by atoms with Crippen LogP contribution in [0.1, 0.15) is 10.4 Å². The Bertz CT molecular complexity index is 396. The molecule has 1 N–H and O–H groups in total. The smallest absolute Gasteiger partial charge is 0.252 e. The highest BCUT2D eigenvalue weighted by Crippen LogP contribution is 2.18. The van der Waals surface area contributed by atoms with E-state index >= 15 is 0 Å². The zero-order valence-corrected chi connectivity index (χ0v) is 13.2. The molecule has 0 aliphatic heterocycles. The summed E-state index contributed by atoms with van der Waals surface area (Å²) in [6.45, 7) is 0.314. The average molecular weight is 414 g/mol. The number of ether oxygens (including phenoxy) is 2. The zero-order chi connectivity index (χ0) is 12.8. The highest BCUT2D eigenvalue weighted by Gasteiger charge is 2.12. The lowest BCUT2D eigenvalue weighted by Gasteiger charge is -2.14. The minimum absolute atomic E-state index is 0.144. The maximum atomic E-state index is 11.9. The summed E-state index contributed by atoms with van der Waals surface area (Å²) in [4.78, 5) is 11.9. The molecule has 0 saturated heterocycles. The second-order valence-electron chi connectivity index (χ2n) is 3.24. The van der Waals surface area contributed by atoms with Crippen LogP contribution in [0.25, 0.3) is 0 Å². The Hall–Kier alpha value is -0.180. The number of amides is 1. The van der Waals surface area contributed by atoms with Crippen molar-refractivity contribution in [3.05, 3.63) is 31.8 Å². The maximum Gasteiger partial charge on any atom is 0.252 e. The molecule has 0 fully saturated rings. The Morgan fingerprint density at radius 2 is 2.12 bits per heavy atom. The Labute approximate surface area is 122 Å². The maximum absolute atomic E-state index is 11.9. The molecule has 0 heterocycles. The number of halogens is 2. The minimum atomic E-state index is -0.427. The van der Waals surface area contributed by atoms with E-state index in [9.17, 15) is 4.79 Å². The molecule has 0 bridgehead atoms. The van der Waals surface area contributed by atoms with Gasteiger partial charge in [-0.2, -0.15) is 0 Å². The van der Waals surface area contributed by atoms with Gasteiger partial charge in [0, 0.05) is 22.3 Å². The van der Waals surface area contributed by atoms with Gasteiger partial charge in [-0.05, 0) is 40.8 Å². The molecule has 0 spiro atoms. The number of hydrogen-bond acceptors (Lipinski definition) is 3. The van der Waals surface area contributed by atoms with Crippen molar-refractivity contribution in [3.63, 3.8) is 0 Å². The molecular weight excluding hydrogens is 401 g/mol. The van der Waals surface area contributed by atoms with Crippen molar-refractivity contribution >= 4 is 44.4 Å². The fraction of sp³-hybridized carbons (Fsp3) is 0.364. The van der Waals surface area contributed by atoms with Gasteiger partial charge in [0.2, 0.25) is 0 Å². The van der Waals surface area contributed by atoms with Crippen LogP contribution < -0.4 is 5.32 Å². The van der Waals surface area contributed by atoms with E-state index in [4.69, 9.17) is 9.47 Å². The van der Waals surface area contributed by atoms with Crippen LogP contribution in [0.2, 0.25) is 0 Å². The molecule has 0 radical (unpaired) electrons. The molecule has 0 saturated carbocycles. The SMILES string of the molecule is COC(CNC(=O)c1cc(Br)ccc1I)OC. The highest BCUT2D eigenvalue weighted by molar-refractivity contribution is 14.1. The van der Waals surface area contributed by atoms with Gasteiger partial charge in [0.1, 0.15) is 0 Å². The third-order valence-corrected chi connectivity index (χ3v) is 3.56. The predicted molar refractivity (Wildman–Crippen MR) is 77.0 cm³/mol. The van der Waals surface area contributed by atoms with Gasteiger partial charge < -0.3 is 14.8 Å². The molecule has 17 heavy (non-hydrogen) atoms. The largest absolute Gasteiger partial charge is 0.354 e. The Morgan fingerprint density at radius 1 is 1.47 bits per heavy atom. The van der Waals surface area contributed by atoms with Gasteiger partial charge in [0.15, 0.2) is 6.29 Å². The van der Waals surface area contributed by atoms with E-state index in [2.05, 4.69) is 43.8 Å². The number of carbonyl (C=O) groups excluding carboxylic acids is 1. The molecule has 1 aromatic carbocycles. The van der Waals surface area contributed by atoms with Crippen LogP contribution >= 0.6 is 38.5 Å². The normalized spacial score (nSPS) is 10.6. The summed E-state index contributed by atoms with van der Waals surface area (Å²) < 4.78 is 11.8. The van der Waals surface area contributed by atoms with Crippen LogP contribution in [0.3, 0.4) is 0 Å². The van der Waals surface area contributed by atoms with Gasteiger partial charge in [-0.25, -0.2) is 0 Å². The number of rotatable bonds is 5. The molecule has 0 aromatic heterocycles. The summed E-state index contributed by atoms with van der Waals surface area (Å²) in [5.74, 6) is -0.144. The van der Waals surface area contributed by atoms with Crippen LogP contribution in [0.5, 0.6) is 0 Å². The first-order valence-electron chi connectivity index (χ1n) is 4.87. The van der Waals surface area contributed by atoms with Gasteiger partial charge >= 0.3 is 0 Å². The molecule has 1 amide bonds. The number of hydrogen-bond donors (Lipinski definition) is 1. The first-order chi connectivity index (χ1) is 8.08. The fourth-order valence-electron chi connectivity index (χ4n) is 1.21. The van der Waals surface area contributed by atoms with Gasteiger partial charge in [0.25, 0.3) is 5.91 Å². The first kappa shape index (κ1) is 14.9. The van der Waals surface area contributed by atoms with E-state index in [1.807, 2.05) is 12.1 Å². The third-order valence-electron chi connectivity index (χ3n) is 2.13. The lowest BCUT2D eigenvalue weighted by Crippen LogP contribution is -2.34. The molecule has 6 heteroatoms. The van der Waals surface area contributed by atoms with E-state index in [1.54, 1.807) is 6.07 Å². The number of methoxy groups -OCH3 is 2. The van der Waals surface area contributed by atoms with Gasteiger partial charge in [-0.1, -0.05) is 15.9 Å². The zero-order valence-electron chi connectivity index (χ0n) is 9.50. The summed E-state index contributed by atoms with van der Waals surface area (Å²) in [6, 6.07) is 5.56. The summed E-state index contributed by atoms with van der Waals surface area (Å²) in [5.41, 5.74) is 0.630. The molecule has 0 aliphatic carbocycles. The Balaban J connectivity index is 2.66. The fourth-order valence-corrected chi connectivity index (χ4v) is 2.15. The van der Waals surface area contributed by atoms with Gasteiger partial charge in [-0.3, -0.25) is 4.79 Å². The molecule has 0 atom stereocenters. The molecule has 1 aromatic rings. The number of benzene rings is 1. The van der Waals surface area contributed by atoms with Crippen LogP contribution in [0.15, 0.2) is 22.7 Å². The lowest BCUT2D eigenvalue weighted by atomic mass is 10.2. The third kappa shape index (κ3) is 4.53. The van der Waals surface area contributed by atoms with E-state index in [0.29, 0.717) is 12.1 Å². The molecule has 94 valence electrons. The summed E-state index contributed by atoms with van der Waals surface area (Å²) in [7, 11) is 3.06. The van der Waals surface area contributed by atoms with Crippen molar-refractivity contribution in [2.24, 2.45) is 0 Å². The van der Waals surface area contributed by atoms with E-state index in [-0.39, 0.29) is 5.91 Å². The summed E-state index contributed by atoms with van der Waals surface area (Å²) in [6.07, 6.45) is -0.427. The van der Waals surface area contributed by atoms with Gasteiger partial charge in [0.05, 0.1) is 12.1 Å². The van der Waals surface area contributed by atoms with Crippen LogP contribution in [0.4, 0.5) is 0 Å². The van der Waals surface area contributed by atoms with Crippen molar-refractivity contribution in [2.75, 3.05) is 20.8 Å². The number of nitrogens with one attached hydrogen (secondary N) is 1. The van der Waals surface area contributed by atoms with Crippen molar-refractivity contribution in [1.82, 2.24) is 5.32 Å². The van der Waals surface area contributed by atoms with E-state index in [1.165, 1.54) is 14.2 Å². The summed E-state index contributed by atoms with van der Waals surface area (Å²) in [5, 5.41) is 2.75. The molecule has 0 aliphatic rings. The van der Waals surface area contributed by atoms with Crippen LogP contribution in [0, 0.1) is 3.57 Å². The first-order valence-corrected chi connectivity index (χ1v) is 6.74. The van der Waals surface area contributed by atoms with Crippen LogP contribution in [-0.4, -0.2) is 33.0 Å². The predicted octanol–water partition coefficient (Wildman–Crippen LogP) is 2.40. The van der Waals surface area contributed by atoms with Crippen molar-refractivity contribution in [1.29, 1.82) is 0 Å². The van der Waals surface area contributed by atoms with Gasteiger partial charge in [-0.15, -0.1) is 0 Å². The summed E-state index contributed by atoms with van der Waals surface area (Å²) >= 11 is 5.46. The second-order valence-corrected chi connectivity index (χ2v) is 5.31. The quantitative estimate of drug-likeness (QED) is 0.595. The lowest BCUT2D eigenvalue weighted by molar-refractivity contribution is -0.0974. The molecule has 4 nitrogen and oxygen atoms in total. The Kier molecular flexibility index (Phi) is 6.39.